The van der Waals surface area contributed by atoms with Crippen molar-refractivity contribution in [1.82, 2.24) is 26.4 Å². The van der Waals surface area contributed by atoms with Crippen molar-refractivity contribution in [3.05, 3.63) is 54.0 Å². The second kappa shape index (κ2) is 6.71. The maximum absolute atomic E-state index is 12.4. The van der Waals surface area contributed by atoms with E-state index in [4.69, 9.17) is 9.26 Å². The number of carbonyl (C=O) groups excluding carboxylic acids is 1. The smallest absolute Gasteiger partial charge is 0.273 e. The molecule has 8 nitrogen and oxygen atoms in total. The van der Waals surface area contributed by atoms with Gasteiger partial charge in [0.05, 0.1) is 25.0 Å². The van der Waals surface area contributed by atoms with Crippen LogP contribution in [0.1, 0.15) is 23.3 Å². The van der Waals surface area contributed by atoms with Crippen LogP contribution in [0.5, 0.6) is 0 Å². The number of amides is 1. The standard InChI is InChI=1S/C19H21N5O3/c25-19(16-8-18(27-22-16)12-4-2-1-3-5-12)21-14-6-15(7-14)24-17(9-20-23-24)13-10-26-11-13/h1-5,8-9,13-15,20,23H,6-7,10-11H2,(H,21,25)/t14-,15-. The number of aromatic nitrogens is 1. The van der Waals surface area contributed by atoms with Crippen molar-refractivity contribution in [3.8, 4) is 11.3 Å². The molecule has 0 atom stereocenters. The van der Waals surface area contributed by atoms with E-state index >= 15 is 0 Å². The lowest BCUT2D eigenvalue weighted by Gasteiger charge is -2.44. The normalized spacial score (nSPS) is 24.6. The SMILES string of the molecule is O=C(N[C@H]1C[C@H](N2NNC=C2C2COC2)C1)c1cc(-c2ccccc2)on1. The molecule has 1 amide bonds. The predicted molar refractivity (Wildman–Crippen MR) is 96.7 cm³/mol. The summed E-state index contributed by atoms with van der Waals surface area (Å²) in [6.07, 6.45) is 3.77. The van der Waals surface area contributed by atoms with Gasteiger partial charge in [0.1, 0.15) is 0 Å². The third-order valence-corrected chi connectivity index (χ3v) is 5.35. The lowest BCUT2D eigenvalue weighted by molar-refractivity contribution is -0.0378. The zero-order valence-electron chi connectivity index (χ0n) is 14.7. The van der Waals surface area contributed by atoms with Crippen molar-refractivity contribution in [3.63, 3.8) is 0 Å². The highest BCUT2D eigenvalue weighted by Gasteiger charge is 2.40. The molecule has 2 aromatic rings. The van der Waals surface area contributed by atoms with Crippen molar-refractivity contribution in [1.29, 1.82) is 0 Å². The fraction of sp³-hybridized carbons (Fsp3) is 0.368. The topological polar surface area (TPSA) is 91.7 Å². The van der Waals surface area contributed by atoms with Gasteiger partial charge in [-0.1, -0.05) is 35.5 Å². The predicted octanol–water partition coefficient (Wildman–Crippen LogP) is 1.41. The molecular weight excluding hydrogens is 346 g/mol. The van der Waals surface area contributed by atoms with Crippen LogP contribution in [0.3, 0.4) is 0 Å². The van der Waals surface area contributed by atoms with Crippen molar-refractivity contribution in [2.75, 3.05) is 13.2 Å². The van der Waals surface area contributed by atoms with E-state index < -0.39 is 0 Å². The fourth-order valence-electron chi connectivity index (χ4n) is 3.63. The average Bonchev–Trinajstić information content (AvgIpc) is 3.27. The molecule has 27 heavy (non-hydrogen) atoms. The van der Waals surface area contributed by atoms with E-state index in [1.165, 1.54) is 5.70 Å². The van der Waals surface area contributed by atoms with Crippen LogP contribution in [0.4, 0.5) is 0 Å². The molecule has 140 valence electrons. The summed E-state index contributed by atoms with van der Waals surface area (Å²) in [5, 5.41) is 9.12. The zero-order chi connectivity index (χ0) is 18.2. The maximum atomic E-state index is 12.4. The highest BCUT2D eigenvalue weighted by molar-refractivity contribution is 5.93. The van der Waals surface area contributed by atoms with Crippen LogP contribution in [0.25, 0.3) is 11.3 Å². The van der Waals surface area contributed by atoms with Gasteiger partial charge in [0, 0.05) is 29.8 Å². The minimum atomic E-state index is -0.194. The number of hydrogen-bond donors (Lipinski definition) is 3. The van der Waals surface area contributed by atoms with Crippen molar-refractivity contribution >= 4 is 5.91 Å². The van der Waals surface area contributed by atoms with Crippen molar-refractivity contribution in [2.24, 2.45) is 5.92 Å². The monoisotopic (exact) mass is 367 g/mol. The van der Waals surface area contributed by atoms with E-state index in [1.807, 2.05) is 36.5 Å². The van der Waals surface area contributed by atoms with Crippen molar-refractivity contribution in [2.45, 2.75) is 24.9 Å². The Bertz CT molecular complexity index is 855. The molecular formula is C19H21N5O3. The van der Waals surface area contributed by atoms with Gasteiger partial charge in [-0.05, 0) is 12.8 Å². The van der Waals surface area contributed by atoms with E-state index in [1.54, 1.807) is 6.07 Å². The number of nitrogens with one attached hydrogen (secondary N) is 3. The van der Waals surface area contributed by atoms with Crippen LogP contribution in [0, 0.1) is 5.92 Å². The largest absolute Gasteiger partial charge is 0.380 e. The molecule has 1 saturated carbocycles. The molecule has 8 heteroatoms. The summed E-state index contributed by atoms with van der Waals surface area (Å²) >= 11 is 0. The summed E-state index contributed by atoms with van der Waals surface area (Å²) in [6, 6.07) is 11.8. The van der Waals surface area contributed by atoms with Gasteiger partial charge < -0.3 is 20.0 Å². The number of benzene rings is 1. The van der Waals surface area contributed by atoms with Crippen LogP contribution in [0.15, 0.2) is 52.8 Å². The van der Waals surface area contributed by atoms with Crippen LogP contribution >= 0.6 is 0 Å². The summed E-state index contributed by atoms with van der Waals surface area (Å²) in [5.74, 6) is 0.852. The molecule has 1 aliphatic carbocycles. The Hall–Kier alpha value is -2.84. The van der Waals surface area contributed by atoms with Gasteiger partial charge in [-0.15, -0.1) is 5.53 Å². The Morgan fingerprint density at radius 3 is 2.78 bits per heavy atom. The Kier molecular flexibility index (Phi) is 4.06. The molecule has 5 rings (SSSR count). The lowest BCUT2D eigenvalue weighted by atomic mass is 9.85. The molecule has 1 saturated heterocycles. The van der Waals surface area contributed by atoms with Gasteiger partial charge in [0.15, 0.2) is 11.5 Å². The van der Waals surface area contributed by atoms with Gasteiger partial charge in [-0.25, -0.2) is 0 Å². The van der Waals surface area contributed by atoms with E-state index in [0.717, 1.165) is 31.6 Å². The summed E-state index contributed by atoms with van der Waals surface area (Å²) in [6.45, 7) is 1.54. The number of hydrazine groups is 2. The molecule has 3 aliphatic rings. The molecule has 0 unspecified atom stereocenters. The molecule has 2 aliphatic heterocycles. The third-order valence-electron chi connectivity index (χ3n) is 5.35. The molecule has 3 N–H and O–H groups in total. The second-order valence-corrected chi connectivity index (χ2v) is 7.17. The van der Waals surface area contributed by atoms with Crippen LogP contribution in [-0.2, 0) is 4.74 Å². The number of hydrogen-bond acceptors (Lipinski definition) is 7. The Balaban J connectivity index is 1.15. The Labute approximate surface area is 156 Å². The molecule has 2 fully saturated rings. The van der Waals surface area contributed by atoms with Gasteiger partial charge in [-0.2, -0.15) is 0 Å². The molecule has 3 heterocycles. The minimum Gasteiger partial charge on any atom is -0.380 e. The fourth-order valence-corrected chi connectivity index (χ4v) is 3.63. The summed E-state index contributed by atoms with van der Waals surface area (Å²) in [5.41, 5.74) is 8.70. The highest BCUT2D eigenvalue weighted by Crippen LogP contribution is 2.33. The van der Waals surface area contributed by atoms with Gasteiger partial charge in [0.25, 0.3) is 5.91 Å². The maximum Gasteiger partial charge on any atom is 0.273 e. The van der Waals surface area contributed by atoms with Gasteiger partial charge >= 0.3 is 0 Å². The van der Waals surface area contributed by atoms with Gasteiger partial charge in [0.2, 0.25) is 0 Å². The Morgan fingerprint density at radius 2 is 2.04 bits per heavy atom. The quantitative estimate of drug-likeness (QED) is 0.736. The summed E-state index contributed by atoms with van der Waals surface area (Å²) < 4.78 is 10.6. The second-order valence-electron chi connectivity index (χ2n) is 7.17. The Morgan fingerprint density at radius 1 is 1.22 bits per heavy atom. The van der Waals surface area contributed by atoms with Crippen molar-refractivity contribution < 1.29 is 14.1 Å². The molecule has 0 spiro atoms. The van der Waals surface area contributed by atoms with E-state index in [2.05, 4.69) is 26.4 Å². The zero-order valence-corrected chi connectivity index (χ0v) is 14.7. The van der Waals surface area contributed by atoms with Crippen LogP contribution in [0.2, 0.25) is 0 Å². The minimum absolute atomic E-state index is 0.140. The first kappa shape index (κ1) is 16.3. The molecule has 1 aromatic heterocycles. The number of ether oxygens (including phenoxy) is 1. The average molecular weight is 367 g/mol. The number of carbonyl (C=O) groups is 1. The van der Waals surface area contributed by atoms with E-state index in [0.29, 0.717) is 23.4 Å². The molecule has 0 radical (unpaired) electrons. The number of rotatable bonds is 5. The van der Waals surface area contributed by atoms with E-state index in [9.17, 15) is 4.79 Å². The van der Waals surface area contributed by atoms with Gasteiger partial charge in [-0.3, -0.25) is 9.80 Å². The van der Waals surface area contributed by atoms with E-state index in [-0.39, 0.29) is 11.9 Å². The third kappa shape index (κ3) is 3.07. The first-order valence-corrected chi connectivity index (χ1v) is 9.19. The first-order chi connectivity index (χ1) is 13.3. The first-order valence-electron chi connectivity index (χ1n) is 9.19. The number of nitrogens with zero attached hydrogens (tertiary/aromatic N) is 2. The molecule has 0 bridgehead atoms. The van der Waals surface area contributed by atoms with Crippen LogP contribution < -0.4 is 16.3 Å². The molecule has 1 aromatic carbocycles. The lowest BCUT2D eigenvalue weighted by Crippen LogP contribution is -2.58. The summed E-state index contributed by atoms with van der Waals surface area (Å²) in [7, 11) is 0. The highest BCUT2D eigenvalue weighted by atomic mass is 16.5. The summed E-state index contributed by atoms with van der Waals surface area (Å²) in [4.78, 5) is 12.4. The van der Waals surface area contributed by atoms with Crippen LogP contribution in [-0.4, -0.2) is 41.4 Å².